The lowest BCUT2D eigenvalue weighted by Crippen LogP contribution is -2.51. The number of thioether (sulfide) groups is 1. The van der Waals surface area contributed by atoms with Crippen molar-refractivity contribution >= 4 is 17.7 Å². The third-order valence-electron chi connectivity index (χ3n) is 3.29. The molecule has 0 saturated carbocycles. The van der Waals surface area contributed by atoms with Gasteiger partial charge in [0.25, 0.3) is 0 Å². The molecule has 1 amide bonds. The molecule has 0 radical (unpaired) electrons. The smallest absolute Gasteiger partial charge is 0.234 e. The van der Waals surface area contributed by atoms with Gasteiger partial charge in [0.15, 0.2) is 0 Å². The average molecular weight is 292 g/mol. The minimum absolute atomic E-state index is 0.0299. The Bertz CT molecular complexity index is 508. The number of nitriles is 1. The van der Waals surface area contributed by atoms with Gasteiger partial charge in [0.1, 0.15) is 11.3 Å². The van der Waals surface area contributed by atoms with E-state index in [9.17, 15) is 15.2 Å². The average Bonchev–Trinajstić information content (AvgIpc) is 2.40. The summed E-state index contributed by atoms with van der Waals surface area (Å²) in [6.45, 7) is 7.33. The topological polar surface area (TPSA) is 73.1 Å². The first-order valence-corrected chi connectivity index (χ1v) is 7.35. The van der Waals surface area contributed by atoms with E-state index in [4.69, 9.17) is 0 Å². The number of amides is 1. The van der Waals surface area contributed by atoms with Crippen molar-refractivity contribution in [3.8, 4) is 11.8 Å². The van der Waals surface area contributed by atoms with Gasteiger partial charge < -0.3 is 10.4 Å². The summed E-state index contributed by atoms with van der Waals surface area (Å²) >= 11 is 1.39. The second kappa shape index (κ2) is 6.67. The molecule has 108 valence electrons. The van der Waals surface area contributed by atoms with E-state index in [1.165, 1.54) is 11.8 Å². The third-order valence-corrected chi connectivity index (χ3v) is 4.40. The van der Waals surface area contributed by atoms with Gasteiger partial charge in [-0.25, -0.2) is 0 Å². The Morgan fingerprint density at radius 2 is 1.90 bits per heavy atom. The summed E-state index contributed by atoms with van der Waals surface area (Å²) in [6.07, 6.45) is 0. The van der Waals surface area contributed by atoms with E-state index < -0.39 is 5.54 Å². The lowest BCUT2D eigenvalue weighted by Gasteiger charge is -2.28. The first-order chi connectivity index (χ1) is 9.28. The first-order valence-electron chi connectivity index (χ1n) is 6.47. The second-order valence-electron chi connectivity index (χ2n) is 5.21. The van der Waals surface area contributed by atoms with E-state index in [2.05, 4.69) is 11.4 Å². The van der Waals surface area contributed by atoms with E-state index in [0.717, 1.165) is 4.90 Å². The molecule has 0 saturated heterocycles. The van der Waals surface area contributed by atoms with Gasteiger partial charge >= 0.3 is 0 Å². The quantitative estimate of drug-likeness (QED) is 0.818. The molecule has 2 atom stereocenters. The van der Waals surface area contributed by atoms with Crippen LogP contribution >= 0.6 is 11.8 Å². The SMILES string of the molecule is CC(Sc1ccc(O)cc1)C(=O)NC(C)(C#N)C(C)C. The number of phenols is 1. The Kier molecular flexibility index (Phi) is 5.46. The van der Waals surface area contributed by atoms with Crippen molar-refractivity contribution < 1.29 is 9.90 Å². The van der Waals surface area contributed by atoms with E-state index in [1.54, 1.807) is 38.1 Å². The molecular weight excluding hydrogens is 272 g/mol. The van der Waals surface area contributed by atoms with Crippen LogP contribution in [0.15, 0.2) is 29.2 Å². The van der Waals surface area contributed by atoms with Crippen molar-refractivity contribution in [1.29, 1.82) is 5.26 Å². The molecule has 4 nitrogen and oxygen atoms in total. The fraction of sp³-hybridized carbons (Fsp3) is 0.467. The monoisotopic (exact) mass is 292 g/mol. The number of hydrogen-bond acceptors (Lipinski definition) is 4. The highest BCUT2D eigenvalue weighted by atomic mass is 32.2. The predicted octanol–water partition coefficient (Wildman–Crippen LogP) is 2.93. The van der Waals surface area contributed by atoms with Crippen LogP contribution in [0, 0.1) is 17.2 Å². The number of benzene rings is 1. The Morgan fingerprint density at radius 3 is 2.35 bits per heavy atom. The zero-order valence-electron chi connectivity index (χ0n) is 12.2. The summed E-state index contributed by atoms with van der Waals surface area (Å²) in [5, 5.41) is 20.9. The zero-order valence-corrected chi connectivity index (χ0v) is 13.0. The Morgan fingerprint density at radius 1 is 1.35 bits per heavy atom. The second-order valence-corrected chi connectivity index (χ2v) is 6.63. The fourth-order valence-electron chi connectivity index (χ4n) is 1.44. The van der Waals surface area contributed by atoms with Crippen LogP contribution in [0.25, 0.3) is 0 Å². The summed E-state index contributed by atoms with van der Waals surface area (Å²) in [5.74, 6) is 0.0615. The lowest BCUT2D eigenvalue weighted by atomic mass is 9.90. The molecule has 0 heterocycles. The molecule has 2 N–H and O–H groups in total. The van der Waals surface area contributed by atoms with E-state index in [1.807, 2.05) is 13.8 Å². The normalized spacial score (nSPS) is 15.2. The van der Waals surface area contributed by atoms with E-state index in [-0.39, 0.29) is 22.8 Å². The van der Waals surface area contributed by atoms with Gasteiger partial charge in [-0.05, 0) is 44.0 Å². The highest BCUT2D eigenvalue weighted by Crippen LogP contribution is 2.26. The Balaban J connectivity index is 2.68. The fourth-order valence-corrected chi connectivity index (χ4v) is 2.31. The minimum Gasteiger partial charge on any atom is -0.508 e. The Hall–Kier alpha value is -1.67. The first kappa shape index (κ1) is 16.4. The minimum atomic E-state index is -0.860. The lowest BCUT2D eigenvalue weighted by molar-refractivity contribution is -0.121. The summed E-state index contributed by atoms with van der Waals surface area (Å²) in [6, 6.07) is 8.85. The number of aromatic hydroxyl groups is 1. The van der Waals surface area contributed by atoms with Crippen molar-refractivity contribution in [1.82, 2.24) is 5.32 Å². The number of nitrogens with zero attached hydrogens (tertiary/aromatic N) is 1. The van der Waals surface area contributed by atoms with E-state index in [0.29, 0.717) is 0 Å². The summed E-state index contributed by atoms with van der Waals surface area (Å²) in [4.78, 5) is 13.1. The van der Waals surface area contributed by atoms with Crippen LogP contribution in [-0.2, 0) is 4.79 Å². The van der Waals surface area contributed by atoms with E-state index >= 15 is 0 Å². The Labute approximate surface area is 124 Å². The van der Waals surface area contributed by atoms with Gasteiger partial charge in [0.05, 0.1) is 11.3 Å². The van der Waals surface area contributed by atoms with Gasteiger partial charge in [0.2, 0.25) is 5.91 Å². The maximum absolute atomic E-state index is 12.2. The number of rotatable bonds is 5. The third kappa shape index (κ3) is 4.17. The van der Waals surface area contributed by atoms with Crippen LogP contribution in [0.2, 0.25) is 0 Å². The molecule has 1 rings (SSSR count). The molecule has 0 bridgehead atoms. The highest BCUT2D eigenvalue weighted by molar-refractivity contribution is 8.00. The number of phenolic OH excluding ortho intramolecular Hbond substituents is 1. The molecule has 1 aromatic rings. The molecule has 0 aliphatic carbocycles. The van der Waals surface area contributed by atoms with Crippen molar-refractivity contribution in [2.45, 2.75) is 43.4 Å². The maximum atomic E-state index is 12.2. The molecular formula is C15H20N2O2S. The van der Waals surface area contributed by atoms with Gasteiger partial charge in [0, 0.05) is 4.90 Å². The highest BCUT2D eigenvalue weighted by Gasteiger charge is 2.31. The standard InChI is InChI=1S/C15H20N2O2S/c1-10(2)15(4,9-16)17-14(19)11(3)20-13-7-5-12(18)6-8-13/h5-8,10-11,18H,1-4H3,(H,17,19). The molecule has 0 aromatic heterocycles. The molecule has 0 aliphatic heterocycles. The van der Waals surface area contributed by atoms with Crippen LogP contribution < -0.4 is 5.32 Å². The van der Waals surface area contributed by atoms with Crippen LogP contribution in [0.3, 0.4) is 0 Å². The molecule has 1 aromatic carbocycles. The molecule has 0 aliphatic rings. The summed E-state index contributed by atoms with van der Waals surface area (Å²) in [5.41, 5.74) is -0.860. The molecule has 0 fully saturated rings. The van der Waals surface area contributed by atoms with Crippen molar-refractivity contribution in [2.24, 2.45) is 5.92 Å². The number of hydrogen-bond donors (Lipinski definition) is 2. The van der Waals surface area contributed by atoms with Gasteiger partial charge in [-0.2, -0.15) is 5.26 Å². The van der Waals surface area contributed by atoms with Crippen LogP contribution in [0.5, 0.6) is 5.75 Å². The summed E-state index contributed by atoms with van der Waals surface area (Å²) in [7, 11) is 0. The van der Waals surface area contributed by atoms with Gasteiger partial charge in [-0.3, -0.25) is 4.79 Å². The maximum Gasteiger partial charge on any atom is 0.234 e. The molecule has 20 heavy (non-hydrogen) atoms. The van der Waals surface area contributed by atoms with Crippen LogP contribution in [0.4, 0.5) is 0 Å². The van der Waals surface area contributed by atoms with Crippen molar-refractivity contribution in [2.75, 3.05) is 0 Å². The molecule has 5 heteroatoms. The van der Waals surface area contributed by atoms with Crippen LogP contribution in [-0.4, -0.2) is 21.8 Å². The number of nitrogens with one attached hydrogen (secondary N) is 1. The van der Waals surface area contributed by atoms with Crippen molar-refractivity contribution in [3.63, 3.8) is 0 Å². The zero-order chi connectivity index (χ0) is 15.3. The van der Waals surface area contributed by atoms with Gasteiger partial charge in [-0.1, -0.05) is 13.8 Å². The van der Waals surface area contributed by atoms with Gasteiger partial charge in [-0.15, -0.1) is 11.8 Å². The number of carbonyl (C=O) groups excluding carboxylic acids is 1. The van der Waals surface area contributed by atoms with Crippen molar-refractivity contribution in [3.05, 3.63) is 24.3 Å². The molecule has 0 spiro atoms. The molecule has 2 unspecified atom stereocenters. The largest absolute Gasteiger partial charge is 0.508 e. The predicted molar refractivity (Wildman–Crippen MR) is 80.4 cm³/mol. The summed E-state index contributed by atoms with van der Waals surface area (Å²) < 4.78 is 0. The van der Waals surface area contributed by atoms with Crippen LogP contribution in [0.1, 0.15) is 27.7 Å². The number of carbonyl (C=O) groups is 1.